The molecule has 1 aromatic heterocycles. The summed E-state index contributed by atoms with van der Waals surface area (Å²) in [5.41, 5.74) is 2.66. The van der Waals surface area contributed by atoms with Gasteiger partial charge in [0.2, 0.25) is 0 Å². The van der Waals surface area contributed by atoms with Crippen LogP contribution in [0, 0.1) is 19.3 Å². The van der Waals surface area contributed by atoms with Gasteiger partial charge in [-0.1, -0.05) is 12.1 Å². The van der Waals surface area contributed by atoms with Crippen molar-refractivity contribution in [2.75, 3.05) is 26.7 Å². The first-order valence-electron chi connectivity index (χ1n) is 6.81. The minimum Gasteiger partial charge on any atom is -0.361 e. The zero-order valence-corrected chi connectivity index (χ0v) is 12.0. The summed E-state index contributed by atoms with van der Waals surface area (Å²) < 4.78 is 5.18. The highest BCUT2D eigenvalue weighted by Crippen LogP contribution is 2.29. The summed E-state index contributed by atoms with van der Waals surface area (Å²) in [5, 5.41) is 7.56. The van der Waals surface area contributed by atoms with Crippen LogP contribution in [0.25, 0.3) is 0 Å². The molecule has 1 fully saturated rings. The van der Waals surface area contributed by atoms with E-state index in [0.29, 0.717) is 5.41 Å². The first kappa shape index (κ1) is 13.6. The summed E-state index contributed by atoms with van der Waals surface area (Å²) in [4.78, 5) is 2.41. The Morgan fingerprint density at radius 2 is 2.00 bits per heavy atom. The van der Waals surface area contributed by atoms with Gasteiger partial charge in [-0.2, -0.15) is 0 Å². The number of nitrogens with one attached hydrogen (secondary N) is 1. The van der Waals surface area contributed by atoms with Gasteiger partial charge in [-0.05, 0) is 52.2 Å². The summed E-state index contributed by atoms with van der Waals surface area (Å²) in [6, 6.07) is 0. The smallest absolute Gasteiger partial charge is 0.138 e. The van der Waals surface area contributed by atoms with Crippen molar-refractivity contribution in [2.24, 2.45) is 5.41 Å². The SMILES string of the molecule is Cc1noc(C)c1CNCC1(C)CCN(C)CC1. The van der Waals surface area contributed by atoms with E-state index < -0.39 is 0 Å². The van der Waals surface area contributed by atoms with Gasteiger partial charge in [0.05, 0.1) is 5.69 Å². The fraction of sp³-hybridized carbons (Fsp3) is 0.786. The van der Waals surface area contributed by atoms with Gasteiger partial charge in [0.15, 0.2) is 0 Å². The van der Waals surface area contributed by atoms with Crippen LogP contribution in [0.4, 0.5) is 0 Å². The first-order chi connectivity index (χ1) is 8.50. The van der Waals surface area contributed by atoms with Gasteiger partial charge in [0, 0.05) is 18.7 Å². The van der Waals surface area contributed by atoms with E-state index in [-0.39, 0.29) is 0 Å². The largest absolute Gasteiger partial charge is 0.361 e. The normalized spacial score (nSPS) is 20.2. The van der Waals surface area contributed by atoms with Gasteiger partial charge < -0.3 is 14.7 Å². The number of likely N-dealkylation sites (tertiary alicyclic amines) is 1. The molecule has 4 nitrogen and oxygen atoms in total. The molecule has 0 amide bonds. The van der Waals surface area contributed by atoms with Crippen LogP contribution in [-0.4, -0.2) is 36.7 Å². The monoisotopic (exact) mass is 251 g/mol. The Morgan fingerprint density at radius 3 is 2.56 bits per heavy atom. The van der Waals surface area contributed by atoms with Crippen LogP contribution in [0.3, 0.4) is 0 Å². The standard InChI is InChI=1S/C14H25N3O/c1-11-13(12(2)18-16-11)9-15-10-14(3)5-7-17(4)8-6-14/h15H,5-10H2,1-4H3. The summed E-state index contributed by atoms with van der Waals surface area (Å²) in [6.45, 7) is 10.7. The summed E-state index contributed by atoms with van der Waals surface area (Å²) >= 11 is 0. The summed E-state index contributed by atoms with van der Waals surface area (Å²) in [6.07, 6.45) is 2.55. The quantitative estimate of drug-likeness (QED) is 0.890. The van der Waals surface area contributed by atoms with Gasteiger partial charge >= 0.3 is 0 Å². The molecular weight excluding hydrogens is 226 g/mol. The molecule has 0 radical (unpaired) electrons. The highest BCUT2D eigenvalue weighted by molar-refractivity contribution is 5.20. The lowest BCUT2D eigenvalue weighted by atomic mass is 9.80. The third-order valence-corrected chi connectivity index (χ3v) is 4.23. The molecule has 1 N–H and O–H groups in total. The Kier molecular flexibility index (Phi) is 4.07. The van der Waals surface area contributed by atoms with Crippen molar-refractivity contribution in [3.05, 3.63) is 17.0 Å². The molecule has 2 rings (SSSR count). The van der Waals surface area contributed by atoms with Crippen molar-refractivity contribution in [2.45, 2.75) is 40.2 Å². The van der Waals surface area contributed by atoms with Crippen molar-refractivity contribution < 1.29 is 4.52 Å². The van der Waals surface area contributed by atoms with Crippen molar-refractivity contribution in [3.8, 4) is 0 Å². The van der Waals surface area contributed by atoms with Crippen LogP contribution in [0.15, 0.2) is 4.52 Å². The minimum absolute atomic E-state index is 0.436. The van der Waals surface area contributed by atoms with Crippen molar-refractivity contribution in [1.29, 1.82) is 0 Å². The van der Waals surface area contributed by atoms with Crippen molar-refractivity contribution >= 4 is 0 Å². The second-order valence-electron chi connectivity index (χ2n) is 6.02. The second kappa shape index (κ2) is 5.41. The molecule has 18 heavy (non-hydrogen) atoms. The van der Waals surface area contributed by atoms with Gasteiger partial charge in [-0.25, -0.2) is 0 Å². The van der Waals surface area contributed by atoms with E-state index in [2.05, 4.69) is 29.3 Å². The maximum atomic E-state index is 5.18. The van der Waals surface area contributed by atoms with E-state index in [9.17, 15) is 0 Å². The second-order valence-corrected chi connectivity index (χ2v) is 6.02. The van der Waals surface area contributed by atoms with E-state index in [1.807, 2.05) is 13.8 Å². The predicted molar refractivity (Wildman–Crippen MR) is 72.5 cm³/mol. The average Bonchev–Trinajstić information content (AvgIpc) is 2.65. The summed E-state index contributed by atoms with van der Waals surface area (Å²) in [5.74, 6) is 0.938. The average molecular weight is 251 g/mol. The van der Waals surface area contributed by atoms with Crippen LogP contribution >= 0.6 is 0 Å². The van der Waals surface area contributed by atoms with E-state index in [1.165, 1.54) is 31.5 Å². The number of rotatable bonds is 4. The number of hydrogen-bond donors (Lipinski definition) is 1. The van der Waals surface area contributed by atoms with Crippen LogP contribution in [0.2, 0.25) is 0 Å². The van der Waals surface area contributed by atoms with Crippen molar-refractivity contribution in [3.63, 3.8) is 0 Å². The lowest BCUT2D eigenvalue weighted by molar-refractivity contribution is 0.136. The Labute approximate surface area is 110 Å². The van der Waals surface area contributed by atoms with E-state index >= 15 is 0 Å². The predicted octanol–water partition coefficient (Wildman–Crippen LogP) is 2.11. The van der Waals surface area contributed by atoms with Crippen LogP contribution in [0.1, 0.15) is 36.8 Å². The van der Waals surface area contributed by atoms with Crippen molar-refractivity contribution in [1.82, 2.24) is 15.4 Å². The van der Waals surface area contributed by atoms with Crippen LogP contribution in [-0.2, 0) is 6.54 Å². The van der Waals surface area contributed by atoms with E-state index in [1.54, 1.807) is 0 Å². The highest BCUT2D eigenvalue weighted by atomic mass is 16.5. The molecule has 1 saturated heterocycles. The highest BCUT2D eigenvalue weighted by Gasteiger charge is 2.28. The zero-order chi connectivity index (χ0) is 13.2. The lowest BCUT2D eigenvalue weighted by Crippen LogP contribution is -2.41. The first-order valence-corrected chi connectivity index (χ1v) is 6.81. The Bertz CT molecular complexity index is 372. The van der Waals surface area contributed by atoms with Gasteiger partial charge in [-0.3, -0.25) is 0 Å². The molecule has 0 atom stereocenters. The third kappa shape index (κ3) is 3.12. The van der Waals surface area contributed by atoms with Crippen LogP contribution < -0.4 is 5.32 Å². The molecule has 0 aromatic carbocycles. The van der Waals surface area contributed by atoms with Gasteiger partial charge in [0.1, 0.15) is 5.76 Å². The van der Waals surface area contributed by atoms with Gasteiger partial charge in [0.25, 0.3) is 0 Å². The molecule has 0 aliphatic carbocycles. The molecule has 1 aromatic rings. The van der Waals surface area contributed by atoms with Gasteiger partial charge in [-0.15, -0.1) is 0 Å². The topological polar surface area (TPSA) is 41.3 Å². The fourth-order valence-corrected chi connectivity index (χ4v) is 2.58. The minimum atomic E-state index is 0.436. The molecule has 2 heterocycles. The third-order valence-electron chi connectivity index (χ3n) is 4.23. The number of aryl methyl sites for hydroxylation is 2. The molecule has 4 heteroatoms. The molecule has 1 aliphatic rings. The molecule has 102 valence electrons. The number of aromatic nitrogens is 1. The van der Waals surface area contributed by atoms with Crippen LogP contribution in [0.5, 0.6) is 0 Å². The Balaban J connectivity index is 1.82. The maximum absolute atomic E-state index is 5.18. The van der Waals surface area contributed by atoms with E-state index in [4.69, 9.17) is 4.52 Å². The molecule has 0 bridgehead atoms. The van der Waals surface area contributed by atoms with E-state index in [0.717, 1.165) is 24.5 Å². The molecule has 0 saturated carbocycles. The zero-order valence-electron chi connectivity index (χ0n) is 12.0. The maximum Gasteiger partial charge on any atom is 0.138 e. The molecule has 1 aliphatic heterocycles. The molecule has 0 unspecified atom stereocenters. The molecule has 0 spiro atoms. The lowest BCUT2D eigenvalue weighted by Gasteiger charge is -2.38. The number of hydrogen-bond acceptors (Lipinski definition) is 4. The fourth-order valence-electron chi connectivity index (χ4n) is 2.58. The molecular formula is C14H25N3O. The number of piperidine rings is 1. The Morgan fingerprint density at radius 1 is 1.33 bits per heavy atom. The summed E-state index contributed by atoms with van der Waals surface area (Å²) in [7, 11) is 2.21. The Hall–Kier alpha value is -0.870. The number of nitrogens with zero attached hydrogens (tertiary/aromatic N) is 2.